The summed E-state index contributed by atoms with van der Waals surface area (Å²) in [6.07, 6.45) is 2.19. The standard InChI is InChI=1S/C31H30FN3O5S/c1-19(20-5-10-25(32)11-6-20)33-30(36)21-7-12-26(13-8-21)35-41(39,40)27-14-16-29-23(18-27)9-15-28(34-29)22-3-2-4-24(17-22)31(37)38/h2-6,9-11,14-19,21,26,35H,7-8,12-13H2,1H3,(H,33,36)(H,37,38)/t19-,21?,26?/m1/s1. The van der Waals surface area contributed by atoms with Crippen molar-refractivity contribution in [3.05, 3.63) is 95.8 Å². The number of aromatic carboxylic acids is 1. The van der Waals surface area contributed by atoms with Gasteiger partial charge in [0.2, 0.25) is 15.9 Å². The van der Waals surface area contributed by atoms with Gasteiger partial charge >= 0.3 is 5.97 Å². The number of carbonyl (C=O) groups excluding carboxylic acids is 1. The Bertz CT molecular complexity index is 1700. The Morgan fingerprint density at radius 3 is 2.39 bits per heavy atom. The van der Waals surface area contributed by atoms with E-state index in [0.717, 1.165) is 5.56 Å². The Labute approximate surface area is 237 Å². The van der Waals surface area contributed by atoms with Gasteiger partial charge in [0.25, 0.3) is 0 Å². The van der Waals surface area contributed by atoms with Crippen LogP contribution in [0.5, 0.6) is 0 Å². The molecule has 10 heteroatoms. The normalized spacial score (nSPS) is 18.1. The Hall–Kier alpha value is -4.15. The van der Waals surface area contributed by atoms with E-state index in [9.17, 15) is 27.5 Å². The number of hydrogen-bond acceptors (Lipinski definition) is 5. The number of carboxylic acid groups (broad SMARTS) is 1. The van der Waals surface area contributed by atoms with Gasteiger partial charge in [-0.15, -0.1) is 0 Å². The summed E-state index contributed by atoms with van der Waals surface area (Å²) >= 11 is 0. The van der Waals surface area contributed by atoms with Crippen LogP contribution in [0.2, 0.25) is 0 Å². The molecule has 0 bridgehead atoms. The van der Waals surface area contributed by atoms with Crippen LogP contribution in [-0.4, -0.2) is 36.4 Å². The van der Waals surface area contributed by atoms with Crippen LogP contribution >= 0.6 is 0 Å². The molecule has 0 radical (unpaired) electrons. The first-order valence-corrected chi connectivity index (χ1v) is 14.9. The number of halogens is 1. The molecule has 4 aromatic rings. The Kier molecular flexibility index (Phi) is 8.14. The van der Waals surface area contributed by atoms with Gasteiger partial charge in [-0.2, -0.15) is 0 Å². The zero-order chi connectivity index (χ0) is 29.1. The van der Waals surface area contributed by atoms with Gasteiger partial charge in [-0.05, 0) is 86.7 Å². The highest BCUT2D eigenvalue weighted by Gasteiger charge is 2.30. The minimum atomic E-state index is -3.80. The fourth-order valence-electron chi connectivity index (χ4n) is 5.17. The second-order valence-electron chi connectivity index (χ2n) is 10.4. The number of pyridine rings is 1. The summed E-state index contributed by atoms with van der Waals surface area (Å²) in [5, 5.41) is 12.9. The molecule has 1 atom stereocenters. The first-order chi connectivity index (χ1) is 19.6. The van der Waals surface area contributed by atoms with Gasteiger partial charge in [0.1, 0.15) is 5.82 Å². The van der Waals surface area contributed by atoms with Crippen LogP contribution in [0.3, 0.4) is 0 Å². The predicted octanol–water partition coefficient (Wildman–Crippen LogP) is 5.45. The summed E-state index contributed by atoms with van der Waals surface area (Å²) in [5.74, 6) is -1.65. The fourth-order valence-corrected chi connectivity index (χ4v) is 6.51. The van der Waals surface area contributed by atoms with Gasteiger partial charge in [-0.3, -0.25) is 4.79 Å². The number of nitrogens with zero attached hydrogens (tertiary/aromatic N) is 1. The molecule has 1 aliphatic rings. The lowest BCUT2D eigenvalue weighted by atomic mass is 9.85. The molecule has 0 spiro atoms. The number of sulfonamides is 1. The number of rotatable bonds is 8. The van der Waals surface area contributed by atoms with E-state index in [1.165, 1.54) is 24.3 Å². The van der Waals surface area contributed by atoms with Gasteiger partial charge in [0, 0.05) is 22.9 Å². The molecule has 1 aliphatic carbocycles. The van der Waals surface area contributed by atoms with Gasteiger partial charge in [-0.1, -0.05) is 30.3 Å². The second kappa shape index (κ2) is 11.8. The molecule has 1 fully saturated rings. The summed E-state index contributed by atoms with van der Waals surface area (Å²) in [6, 6.07) is 20.2. The minimum absolute atomic E-state index is 0.0841. The number of hydrogen-bond donors (Lipinski definition) is 3. The molecule has 0 aliphatic heterocycles. The van der Waals surface area contributed by atoms with Crippen LogP contribution < -0.4 is 10.0 Å². The Morgan fingerprint density at radius 1 is 0.951 bits per heavy atom. The van der Waals surface area contributed by atoms with E-state index < -0.39 is 16.0 Å². The van der Waals surface area contributed by atoms with Crippen molar-refractivity contribution in [2.45, 2.75) is 49.6 Å². The van der Waals surface area contributed by atoms with Crippen molar-refractivity contribution in [3.63, 3.8) is 0 Å². The Balaban J connectivity index is 1.20. The highest BCUT2D eigenvalue weighted by atomic mass is 32.2. The first-order valence-electron chi connectivity index (χ1n) is 13.4. The summed E-state index contributed by atoms with van der Waals surface area (Å²) in [6.45, 7) is 1.85. The van der Waals surface area contributed by atoms with Crippen LogP contribution in [0.1, 0.15) is 54.6 Å². The number of amides is 1. The highest BCUT2D eigenvalue weighted by molar-refractivity contribution is 7.89. The molecule has 1 heterocycles. The third-order valence-corrected chi connectivity index (χ3v) is 9.04. The first kappa shape index (κ1) is 28.4. The van der Waals surface area contributed by atoms with E-state index in [1.54, 1.807) is 54.6 Å². The average Bonchev–Trinajstić information content (AvgIpc) is 2.97. The lowest BCUT2D eigenvalue weighted by Gasteiger charge is -2.29. The smallest absolute Gasteiger partial charge is 0.335 e. The van der Waals surface area contributed by atoms with Crippen molar-refractivity contribution in [2.75, 3.05) is 0 Å². The lowest BCUT2D eigenvalue weighted by molar-refractivity contribution is -0.126. The van der Waals surface area contributed by atoms with Crippen LogP contribution in [0.4, 0.5) is 4.39 Å². The maximum atomic E-state index is 13.2. The summed E-state index contributed by atoms with van der Waals surface area (Å²) in [7, 11) is -3.80. The number of aromatic nitrogens is 1. The highest BCUT2D eigenvalue weighted by Crippen LogP contribution is 2.28. The van der Waals surface area contributed by atoms with Crippen molar-refractivity contribution in [2.24, 2.45) is 5.92 Å². The summed E-state index contributed by atoms with van der Waals surface area (Å²) in [4.78, 5) is 28.8. The summed E-state index contributed by atoms with van der Waals surface area (Å²) < 4.78 is 42.3. The quantitative estimate of drug-likeness (QED) is 0.256. The fraction of sp³-hybridized carbons (Fsp3) is 0.258. The number of carbonyl (C=O) groups is 2. The van der Waals surface area contributed by atoms with Crippen LogP contribution in [0, 0.1) is 11.7 Å². The van der Waals surface area contributed by atoms with Crippen LogP contribution in [0.15, 0.2) is 83.8 Å². The maximum absolute atomic E-state index is 13.2. The number of benzene rings is 3. The van der Waals surface area contributed by atoms with Gasteiger partial charge < -0.3 is 10.4 Å². The molecule has 41 heavy (non-hydrogen) atoms. The zero-order valence-electron chi connectivity index (χ0n) is 22.4. The molecule has 3 N–H and O–H groups in total. The van der Waals surface area contributed by atoms with Crippen molar-refractivity contribution >= 4 is 32.8 Å². The molecule has 1 saturated carbocycles. The molecule has 212 valence electrons. The van der Waals surface area contributed by atoms with Crippen molar-refractivity contribution in [1.29, 1.82) is 0 Å². The van der Waals surface area contributed by atoms with E-state index >= 15 is 0 Å². The molecule has 1 amide bonds. The molecule has 0 saturated heterocycles. The number of fused-ring (bicyclic) bond motifs is 1. The second-order valence-corrected chi connectivity index (χ2v) is 12.1. The molecule has 0 unspecified atom stereocenters. The topological polar surface area (TPSA) is 125 Å². The minimum Gasteiger partial charge on any atom is -0.478 e. The maximum Gasteiger partial charge on any atom is 0.335 e. The van der Waals surface area contributed by atoms with Crippen LogP contribution in [-0.2, 0) is 14.8 Å². The van der Waals surface area contributed by atoms with E-state index in [4.69, 9.17) is 0 Å². The van der Waals surface area contributed by atoms with E-state index in [1.807, 2.05) is 6.92 Å². The molecular formula is C31H30FN3O5S. The monoisotopic (exact) mass is 575 g/mol. The van der Waals surface area contributed by atoms with Gasteiger partial charge in [0.05, 0.1) is 27.7 Å². The van der Waals surface area contributed by atoms with Crippen molar-refractivity contribution in [3.8, 4) is 11.3 Å². The van der Waals surface area contributed by atoms with Crippen molar-refractivity contribution in [1.82, 2.24) is 15.0 Å². The summed E-state index contributed by atoms with van der Waals surface area (Å²) in [5.41, 5.74) is 2.80. The van der Waals surface area contributed by atoms with Crippen molar-refractivity contribution < 1.29 is 27.5 Å². The van der Waals surface area contributed by atoms with E-state index in [2.05, 4.69) is 15.0 Å². The number of nitrogens with one attached hydrogen (secondary N) is 2. The zero-order valence-corrected chi connectivity index (χ0v) is 23.2. The van der Waals surface area contributed by atoms with Gasteiger partial charge in [0.15, 0.2) is 0 Å². The number of carboxylic acids is 1. The largest absolute Gasteiger partial charge is 0.478 e. The lowest BCUT2D eigenvalue weighted by Crippen LogP contribution is -2.41. The van der Waals surface area contributed by atoms with Gasteiger partial charge in [-0.25, -0.2) is 27.3 Å². The molecular weight excluding hydrogens is 545 g/mol. The van der Waals surface area contributed by atoms with Crippen LogP contribution in [0.25, 0.3) is 22.2 Å². The third-order valence-electron chi connectivity index (χ3n) is 7.52. The predicted molar refractivity (Wildman–Crippen MR) is 153 cm³/mol. The molecule has 3 aromatic carbocycles. The molecule has 1 aromatic heterocycles. The van der Waals surface area contributed by atoms with E-state index in [0.29, 0.717) is 47.8 Å². The SMILES string of the molecule is C[C@@H](NC(=O)C1CCC(NS(=O)(=O)c2ccc3nc(-c4cccc(C(=O)O)c4)ccc3c2)CC1)c1ccc(F)cc1. The molecule has 5 rings (SSSR count). The Morgan fingerprint density at radius 2 is 1.68 bits per heavy atom. The van der Waals surface area contributed by atoms with E-state index in [-0.39, 0.29) is 40.2 Å². The average molecular weight is 576 g/mol. The third kappa shape index (κ3) is 6.61. The molecule has 8 nitrogen and oxygen atoms in total.